The SMILES string of the molecule is CCc1cccc2sc(N(Cc3ccccc3)C(=O)c3cccc(F)c3)nc12. The molecule has 3 aromatic carbocycles. The molecule has 0 saturated carbocycles. The summed E-state index contributed by atoms with van der Waals surface area (Å²) in [5, 5.41) is 0.619. The van der Waals surface area contributed by atoms with E-state index in [-0.39, 0.29) is 5.91 Å². The van der Waals surface area contributed by atoms with Crippen LogP contribution in [0.5, 0.6) is 0 Å². The Kier molecular flexibility index (Phi) is 5.17. The van der Waals surface area contributed by atoms with Crippen LogP contribution in [0.1, 0.15) is 28.4 Å². The largest absolute Gasteiger partial charge is 0.279 e. The molecule has 0 radical (unpaired) electrons. The van der Waals surface area contributed by atoms with Crippen molar-refractivity contribution in [3.8, 4) is 0 Å². The topological polar surface area (TPSA) is 33.2 Å². The molecule has 1 amide bonds. The standard InChI is InChI=1S/C23H19FN2OS/c1-2-17-10-7-13-20-21(17)25-23(28-20)26(15-16-8-4-3-5-9-16)22(27)18-11-6-12-19(24)14-18/h3-14H,2,15H2,1H3. The van der Waals surface area contributed by atoms with Gasteiger partial charge in [-0.25, -0.2) is 9.37 Å². The fourth-order valence-electron chi connectivity index (χ4n) is 3.16. The quantitative estimate of drug-likeness (QED) is 0.429. The molecule has 0 bridgehead atoms. The van der Waals surface area contributed by atoms with Gasteiger partial charge in [-0.05, 0) is 41.8 Å². The van der Waals surface area contributed by atoms with Crippen molar-refractivity contribution in [2.45, 2.75) is 19.9 Å². The Labute approximate surface area is 167 Å². The number of carbonyl (C=O) groups excluding carboxylic acids is 1. The minimum absolute atomic E-state index is 0.263. The first-order valence-corrected chi connectivity index (χ1v) is 9.97. The molecule has 0 saturated heterocycles. The van der Waals surface area contributed by atoms with E-state index in [1.807, 2.05) is 42.5 Å². The highest BCUT2D eigenvalue weighted by Gasteiger charge is 2.22. The molecule has 1 aromatic heterocycles. The summed E-state index contributed by atoms with van der Waals surface area (Å²) in [5.41, 5.74) is 3.38. The molecule has 5 heteroatoms. The summed E-state index contributed by atoms with van der Waals surface area (Å²) in [6.07, 6.45) is 0.872. The third kappa shape index (κ3) is 3.66. The Morgan fingerprint density at radius 3 is 2.57 bits per heavy atom. The van der Waals surface area contributed by atoms with Gasteiger partial charge in [-0.3, -0.25) is 9.69 Å². The highest BCUT2D eigenvalue weighted by atomic mass is 32.1. The van der Waals surface area contributed by atoms with Gasteiger partial charge in [0.25, 0.3) is 5.91 Å². The van der Waals surface area contributed by atoms with Crippen LogP contribution in [-0.2, 0) is 13.0 Å². The van der Waals surface area contributed by atoms with E-state index in [9.17, 15) is 9.18 Å². The molecule has 140 valence electrons. The number of thiazole rings is 1. The van der Waals surface area contributed by atoms with Crippen molar-refractivity contribution in [2.75, 3.05) is 4.90 Å². The molecule has 0 aliphatic heterocycles. The first-order chi connectivity index (χ1) is 13.7. The normalized spacial score (nSPS) is 10.9. The van der Waals surface area contributed by atoms with E-state index in [0.29, 0.717) is 17.2 Å². The summed E-state index contributed by atoms with van der Waals surface area (Å²) in [5.74, 6) is -0.691. The molecule has 0 N–H and O–H groups in total. The zero-order valence-electron chi connectivity index (χ0n) is 15.4. The molecule has 1 heterocycles. The first kappa shape index (κ1) is 18.3. The summed E-state index contributed by atoms with van der Waals surface area (Å²) >= 11 is 1.48. The van der Waals surface area contributed by atoms with Crippen molar-refractivity contribution < 1.29 is 9.18 Å². The summed E-state index contributed by atoms with van der Waals surface area (Å²) in [6.45, 7) is 2.46. The van der Waals surface area contributed by atoms with E-state index in [1.165, 1.54) is 23.5 Å². The van der Waals surface area contributed by atoms with Crippen molar-refractivity contribution in [2.24, 2.45) is 0 Å². The molecule has 0 aliphatic rings. The molecule has 0 atom stereocenters. The Hall–Kier alpha value is -3.05. The van der Waals surface area contributed by atoms with Crippen LogP contribution in [0.25, 0.3) is 10.2 Å². The number of anilines is 1. The van der Waals surface area contributed by atoms with E-state index < -0.39 is 5.82 Å². The lowest BCUT2D eigenvalue weighted by atomic mass is 10.1. The Morgan fingerprint density at radius 2 is 1.82 bits per heavy atom. The summed E-state index contributed by atoms with van der Waals surface area (Å²) in [7, 11) is 0. The maximum Gasteiger partial charge on any atom is 0.260 e. The van der Waals surface area contributed by atoms with E-state index in [0.717, 1.165) is 27.8 Å². The van der Waals surface area contributed by atoms with Gasteiger partial charge in [-0.1, -0.05) is 66.8 Å². The summed E-state index contributed by atoms with van der Waals surface area (Å²) in [4.78, 5) is 19.7. The number of rotatable bonds is 5. The third-order valence-electron chi connectivity index (χ3n) is 4.60. The molecule has 28 heavy (non-hydrogen) atoms. The molecule has 0 spiro atoms. The van der Waals surface area contributed by atoms with Gasteiger partial charge in [-0.2, -0.15) is 0 Å². The monoisotopic (exact) mass is 390 g/mol. The average molecular weight is 390 g/mol. The third-order valence-corrected chi connectivity index (χ3v) is 5.65. The molecule has 3 nitrogen and oxygen atoms in total. The van der Waals surface area contributed by atoms with Crippen molar-refractivity contribution in [1.29, 1.82) is 0 Å². The Balaban J connectivity index is 1.79. The molecule has 0 aliphatic carbocycles. The second-order valence-electron chi connectivity index (χ2n) is 6.50. The van der Waals surface area contributed by atoms with Crippen LogP contribution in [0, 0.1) is 5.82 Å². The number of nitrogens with zero attached hydrogens (tertiary/aromatic N) is 2. The minimum atomic E-state index is -0.428. The Morgan fingerprint density at radius 1 is 1.04 bits per heavy atom. The summed E-state index contributed by atoms with van der Waals surface area (Å²) in [6, 6.07) is 21.6. The Bertz CT molecular complexity index is 1120. The van der Waals surface area contributed by atoms with Gasteiger partial charge in [0.05, 0.1) is 16.8 Å². The van der Waals surface area contributed by atoms with Gasteiger partial charge in [0.2, 0.25) is 0 Å². The average Bonchev–Trinajstić information content (AvgIpc) is 3.16. The number of hydrogen-bond acceptors (Lipinski definition) is 3. The lowest BCUT2D eigenvalue weighted by Gasteiger charge is -2.20. The summed E-state index contributed by atoms with van der Waals surface area (Å²) < 4.78 is 14.7. The predicted molar refractivity (Wildman–Crippen MR) is 112 cm³/mol. The maximum atomic E-state index is 13.7. The predicted octanol–water partition coefficient (Wildman–Crippen LogP) is 5.84. The molecular weight excluding hydrogens is 371 g/mol. The van der Waals surface area contributed by atoms with Gasteiger partial charge in [0, 0.05) is 5.56 Å². The number of hydrogen-bond donors (Lipinski definition) is 0. The smallest absolute Gasteiger partial charge is 0.260 e. The van der Waals surface area contributed by atoms with Crippen LogP contribution in [0.3, 0.4) is 0 Å². The van der Waals surface area contributed by atoms with E-state index in [1.54, 1.807) is 17.0 Å². The fraction of sp³-hybridized carbons (Fsp3) is 0.130. The van der Waals surface area contributed by atoms with Crippen LogP contribution in [0.4, 0.5) is 9.52 Å². The highest BCUT2D eigenvalue weighted by Crippen LogP contribution is 2.32. The lowest BCUT2D eigenvalue weighted by Crippen LogP contribution is -2.30. The van der Waals surface area contributed by atoms with Crippen LogP contribution < -0.4 is 4.90 Å². The van der Waals surface area contributed by atoms with Crippen molar-refractivity contribution in [3.63, 3.8) is 0 Å². The van der Waals surface area contributed by atoms with E-state index in [4.69, 9.17) is 4.98 Å². The number of carbonyl (C=O) groups is 1. The zero-order valence-corrected chi connectivity index (χ0v) is 16.2. The van der Waals surface area contributed by atoms with E-state index >= 15 is 0 Å². The molecular formula is C23H19FN2OS. The highest BCUT2D eigenvalue weighted by molar-refractivity contribution is 7.22. The minimum Gasteiger partial charge on any atom is -0.279 e. The number of para-hydroxylation sites is 1. The molecule has 4 aromatic rings. The number of halogens is 1. The number of benzene rings is 3. The van der Waals surface area contributed by atoms with Crippen LogP contribution in [0.15, 0.2) is 72.8 Å². The van der Waals surface area contributed by atoms with Gasteiger partial charge in [-0.15, -0.1) is 0 Å². The van der Waals surface area contributed by atoms with Gasteiger partial charge in [0.15, 0.2) is 5.13 Å². The van der Waals surface area contributed by atoms with E-state index in [2.05, 4.69) is 13.0 Å². The zero-order chi connectivity index (χ0) is 19.5. The fourth-order valence-corrected chi connectivity index (χ4v) is 4.18. The number of amides is 1. The van der Waals surface area contributed by atoms with Crippen molar-refractivity contribution in [1.82, 2.24) is 4.98 Å². The van der Waals surface area contributed by atoms with Crippen LogP contribution in [-0.4, -0.2) is 10.9 Å². The van der Waals surface area contributed by atoms with Crippen molar-refractivity contribution in [3.05, 3.63) is 95.3 Å². The first-order valence-electron chi connectivity index (χ1n) is 9.15. The van der Waals surface area contributed by atoms with Crippen LogP contribution in [0.2, 0.25) is 0 Å². The molecule has 4 rings (SSSR count). The van der Waals surface area contributed by atoms with Gasteiger partial charge < -0.3 is 0 Å². The second kappa shape index (κ2) is 7.90. The number of aromatic nitrogens is 1. The van der Waals surface area contributed by atoms with Crippen LogP contribution >= 0.6 is 11.3 Å². The van der Waals surface area contributed by atoms with Gasteiger partial charge in [0.1, 0.15) is 5.82 Å². The molecule has 0 fully saturated rings. The number of aryl methyl sites for hydroxylation is 1. The lowest BCUT2D eigenvalue weighted by molar-refractivity contribution is 0.0984. The molecule has 0 unspecified atom stereocenters. The van der Waals surface area contributed by atoms with Crippen molar-refractivity contribution >= 4 is 32.6 Å². The second-order valence-corrected chi connectivity index (χ2v) is 7.51. The van der Waals surface area contributed by atoms with Gasteiger partial charge >= 0.3 is 0 Å². The number of fused-ring (bicyclic) bond motifs is 1. The maximum absolute atomic E-state index is 13.7.